The van der Waals surface area contributed by atoms with Gasteiger partial charge in [-0.15, -0.1) is 11.6 Å². The Balaban J connectivity index is 2.92. The zero-order valence-electron chi connectivity index (χ0n) is 5.20. The molecule has 1 aromatic rings. The molecule has 0 saturated carbocycles. The Hall–Kier alpha value is -0.700. The van der Waals surface area contributed by atoms with E-state index in [1.807, 2.05) is 11.6 Å². The molecule has 0 bridgehead atoms. The van der Waals surface area contributed by atoms with E-state index in [0.29, 0.717) is 5.89 Å². The molecule has 50 valence electrons. The number of oxazole rings is 1. The average Bonchev–Trinajstić information content (AvgIpc) is 2.15. The van der Waals surface area contributed by atoms with Gasteiger partial charge in [0.15, 0.2) is 5.89 Å². The van der Waals surface area contributed by atoms with E-state index >= 15 is 0 Å². The summed E-state index contributed by atoms with van der Waals surface area (Å²) < 4.78 is 4.94. The minimum absolute atomic E-state index is 0.0238. The van der Waals surface area contributed by atoms with Crippen LogP contribution in [0.4, 0.5) is 0 Å². The van der Waals surface area contributed by atoms with Gasteiger partial charge in [-0.1, -0.05) is 0 Å². The first-order chi connectivity index (χ1) is 4.29. The van der Waals surface area contributed by atoms with Crippen molar-refractivity contribution in [1.29, 1.82) is 0 Å². The molecule has 3 heteroatoms. The van der Waals surface area contributed by atoms with Crippen LogP contribution in [0.1, 0.15) is 5.89 Å². The van der Waals surface area contributed by atoms with Crippen LogP contribution in [0, 0.1) is 0 Å². The first-order valence-electron chi connectivity index (χ1n) is 2.48. The van der Waals surface area contributed by atoms with Crippen molar-refractivity contribution in [3.63, 3.8) is 0 Å². The standard InChI is InChI=1S/C6H8NOS/c1-9(2)5-6-7-3-4-8-6/h3-5H,1H2,2H3/q-1. The first-order valence-corrected chi connectivity index (χ1v) is 4.34. The van der Waals surface area contributed by atoms with Crippen LogP contribution < -0.4 is 0 Å². The van der Waals surface area contributed by atoms with E-state index in [1.54, 1.807) is 12.5 Å². The fourth-order valence-corrected chi connectivity index (χ4v) is 0.925. The summed E-state index contributed by atoms with van der Waals surface area (Å²) in [5.41, 5.74) is 0. The van der Waals surface area contributed by atoms with Crippen molar-refractivity contribution in [3.8, 4) is 0 Å². The van der Waals surface area contributed by atoms with Crippen LogP contribution in [-0.2, 0) is 10.1 Å². The van der Waals surface area contributed by atoms with Gasteiger partial charge in [-0.2, -0.15) is 0 Å². The van der Waals surface area contributed by atoms with Crippen molar-refractivity contribution in [1.82, 2.24) is 4.98 Å². The van der Waals surface area contributed by atoms with Crippen LogP contribution in [0.25, 0.3) is 0 Å². The van der Waals surface area contributed by atoms with Crippen LogP contribution in [0.3, 0.4) is 0 Å². The molecule has 0 spiro atoms. The molecule has 0 atom stereocenters. The Morgan fingerprint density at radius 1 is 1.89 bits per heavy atom. The van der Waals surface area contributed by atoms with Crippen molar-refractivity contribution in [2.24, 2.45) is 0 Å². The lowest BCUT2D eigenvalue weighted by Gasteiger charge is -1.91. The van der Waals surface area contributed by atoms with Crippen molar-refractivity contribution in [3.05, 3.63) is 18.4 Å². The lowest BCUT2D eigenvalue weighted by molar-refractivity contribution is 0.551. The number of hydrogen-bond donors (Lipinski definition) is 0. The van der Waals surface area contributed by atoms with Crippen molar-refractivity contribution >= 4 is 21.3 Å². The molecule has 1 rings (SSSR count). The largest absolute Gasteiger partial charge is 0.476 e. The first kappa shape index (κ1) is 6.42. The van der Waals surface area contributed by atoms with Gasteiger partial charge >= 0.3 is 0 Å². The van der Waals surface area contributed by atoms with Gasteiger partial charge in [0.05, 0.1) is 6.20 Å². The zero-order valence-corrected chi connectivity index (χ0v) is 6.02. The summed E-state index contributed by atoms with van der Waals surface area (Å²) in [4.78, 5) is 3.90. The van der Waals surface area contributed by atoms with Crippen molar-refractivity contribution in [2.75, 3.05) is 6.26 Å². The molecule has 0 aliphatic rings. The van der Waals surface area contributed by atoms with Crippen molar-refractivity contribution in [2.45, 2.75) is 0 Å². The van der Waals surface area contributed by atoms with E-state index < -0.39 is 0 Å². The van der Waals surface area contributed by atoms with E-state index in [0.717, 1.165) is 0 Å². The van der Waals surface area contributed by atoms with Gasteiger partial charge in [0.2, 0.25) is 0 Å². The molecule has 1 heterocycles. The lowest BCUT2D eigenvalue weighted by Crippen LogP contribution is -1.82. The summed E-state index contributed by atoms with van der Waals surface area (Å²) >= 11 is 0. The third-order valence-corrected chi connectivity index (χ3v) is 1.36. The molecule has 1 aromatic heterocycles. The van der Waals surface area contributed by atoms with Crippen LogP contribution >= 0.6 is 0 Å². The van der Waals surface area contributed by atoms with Crippen molar-refractivity contribution < 1.29 is 4.42 Å². The predicted octanol–water partition coefficient (Wildman–Crippen LogP) is 0.505. The van der Waals surface area contributed by atoms with Gasteiger partial charge in [-0.05, 0) is 0 Å². The van der Waals surface area contributed by atoms with Crippen LogP contribution in [0.15, 0.2) is 16.9 Å². The fraction of sp³-hybridized carbons (Fsp3) is 0.167. The fourth-order valence-electron chi connectivity index (χ4n) is 0.465. The predicted molar refractivity (Wildman–Crippen MR) is 42.1 cm³/mol. The van der Waals surface area contributed by atoms with E-state index in [1.165, 1.54) is 0 Å². The average molecular weight is 142 g/mol. The highest BCUT2D eigenvalue weighted by Crippen LogP contribution is 1.87. The Labute approximate surface area is 56.0 Å². The Morgan fingerprint density at radius 3 is 3.11 bits per heavy atom. The second kappa shape index (κ2) is 2.73. The molecule has 0 N–H and O–H groups in total. The molecule has 9 heavy (non-hydrogen) atoms. The molecule has 0 radical (unpaired) electrons. The van der Waals surface area contributed by atoms with E-state index in [4.69, 9.17) is 4.42 Å². The SMILES string of the molecule is C=[S-](C)=Cc1ncco1. The maximum absolute atomic E-state index is 4.94. The highest BCUT2D eigenvalue weighted by atomic mass is 32.2. The lowest BCUT2D eigenvalue weighted by atomic mass is 10.8. The molecule has 0 unspecified atom stereocenters. The topological polar surface area (TPSA) is 26.0 Å². The smallest absolute Gasteiger partial charge is 0.192 e. The van der Waals surface area contributed by atoms with Crippen LogP contribution in [0.5, 0.6) is 0 Å². The number of nitrogens with zero attached hydrogens (tertiary/aromatic N) is 1. The van der Waals surface area contributed by atoms with Crippen LogP contribution in [0.2, 0.25) is 0 Å². The monoisotopic (exact) mass is 142 g/mol. The number of aromatic nitrogens is 1. The molecule has 0 fully saturated rings. The summed E-state index contributed by atoms with van der Waals surface area (Å²) in [5, 5.41) is 1.89. The normalized spacial score (nSPS) is 13.9. The van der Waals surface area contributed by atoms with Gasteiger partial charge in [0.1, 0.15) is 6.26 Å². The molecular weight excluding hydrogens is 134 g/mol. The summed E-state index contributed by atoms with van der Waals surface area (Å²) in [7, 11) is 0.0238. The highest BCUT2D eigenvalue weighted by molar-refractivity contribution is 7.92. The quantitative estimate of drug-likeness (QED) is 0.421. The highest BCUT2D eigenvalue weighted by Gasteiger charge is 1.80. The Kier molecular flexibility index (Phi) is 1.95. The van der Waals surface area contributed by atoms with Gasteiger partial charge in [-0.3, -0.25) is 0 Å². The van der Waals surface area contributed by atoms with Crippen LogP contribution in [-0.4, -0.2) is 22.5 Å². The number of hydrogen-bond acceptors (Lipinski definition) is 3. The summed E-state index contributed by atoms with van der Waals surface area (Å²) in [6.45, 7) is 0. The Bertz CT molecular complexity index is 244. The zero-order chi connectivity index (χ0) is 6.69. The minimum atomic E-state index is 0.0238. The molecule has 0 aliphatic carbocycles. The molecule has 0 amide bonds. The molecule has 0 aliphatic heterocycles. The summed E-state index contributed by atoms with van der Waals surface area (Å²) in [6, 6.07) is 0. The summed E-state index contributed by atoms with van der Waals surface area (Å²) in [6.07, 6.45) is 5.18. The second-order valence-electron chi connectivity index (χ2n) is 1.68. The van der Waals surface area contributed by atoms with E-state index in [2.05, 4.69) is 10.9 Å². The molecule has 0 aromatic carbocycles. The molecular formula is C6H8NOS-. The molecule has 0 saturated heterocycles. The van der Waals surface area contributed by atoms with Gasteiger partial charge in [0, 0.05) is 0 Å². The van der Waals surface area contributed by atoms with Gasteiger partial charge < -0.3 is 14.5 Å². The van der Waals surface area contributed by atoms with Gasteiger partial charge in [-0.25, -0.2) is 10.9 Å². The Morgan fingerprint density at radius 2 is 2.67 bits per heavy atom. The van der Waals surface area contributed by atoms with E-state index in [9.17, 15) is 0 Å². The third-order valence-electron chi connectivity index (χ3n) is 0.753. The number of rotatable bonds is 1. The maximum Gasteiger partial charge on any atom is 0.192 e. The third kappa shape index (κ3) is 1.93. The van der Waals surface area contributed by atoms with Gasteiger partial charge in [0.25, 0.3) is 0 Å². The summed E-state index contributed by atoms with van der Waals surface area (Å²) in [5.74, 6) is 4.45. The second-order valence-corrected chi connectivity index (χ2v) is 3.30. The minimum Gasteiger partial charge on any atom is -0.476 e. The van der Waals surface area contributed by atoms with E-state index in [-0.39, 0.29) is 10.1 Å². The molecule has 2 nitrogen and oxygen atoms in total. The maximum atomic E-state index is 4.94.